The van der Waals surface area contributed by atoms with E-state index in [4.69, 9.17) is 22.9 Å². The van der Waals surface area contributed by atoms with Gasteiger partial charge >= 0.3 is 0 Å². The highest BCUT2D eigenvalue weighted by molar-refractivity contribution is 6.41. The van der Waals surface area contributed by atoms with Crippen molar-refractivity contribution < 1.29 is 0 Å². The minimum atomic E-state index is -0.305. The normalized spacial score (nSPS) is 23.7. The van der Waals surface area contributed by atoms with Gasteiger partial charge in [0.15, 0.2) is 0 Å². The van der Waals surface area contributed by atoms with E-state index in [0.29, 0.717) is 18.9 Å². The minimum absolute atomic E-state index is 0.0525. The molecule has 6 nitrogen and oxygen atoms in total. The summed E-state index contributed by atoms with van der Waals surface area (Å²) in [5.41, 5.74) is 23.6. The zero-order valence-corrected chi connectivity index (χ0v) is 11.0. The number of hydrogen-bond acceptors (Lipinski definition) is 6. The van der Waals surface area contributed by atoms with Gasteiger partial charge < -0.3 is 22.9 Å². The Morgan fingerprint density at radius 2 is 1.61 bits per heavy atom. The van der Waals surface area contributed by atoms with Crippen LogP contribution >= 0.6 is 0 Å². The summed E-state index contributed by atoms with van der Waals surface area (Å²) < 4.78 is 0. The van der Waals surface area contributed by atoms with Crippen molar-refractivity contribution in [1.29, 1.82) is 0 Å². The lowest BCUT2D eigenvalue weighted by Gasteiger charge is -2.24. The Morgan fingerprint density at radius 3 is 2.28 bits per heavy atom. The minimum Gasteiger partial charge on any atom is -0.382 e. The molecular formula is C12H26N6. The van der Waals surface area contributed by atoms with Crippen molar-refractivity contribution in [1.82, 2.24) is 0 Å². The maximum atomic E-state index is 5.94. The van der Waals surface area contributed by atoms with Crippen LogP contribution in [0.15, 0.2) is 9.98 Å². The first-order valence-corrected chi connectivity index (χ1v) is 6.75. The number of aliphatic imine (C=N–C) groups is 2. The highest BCUT2D eigenvalue weighted by atomic mass is 15.1. The largest absolute Gasteiger partial charge is 0.382 e. The molecule has 0 saturated heterocycles. The van der Waals surface area contributed by atoms with Gasteiger partial charge in [0, 0.05) is 0 Å². The van der Waals surface area contributed by atoms with E-state index in [1.54, 1.807) is 0 Å². The first-order chi connectivity index (χ1) is 8.69. The van der Waals surface area contributed by atoms with E-state index >= 15 is 0 Å². The number of unbranched alkanes of at least 4 members (excludes halogenated alkanes) is 2. The number of hydrogen-bond donors (Lipinski definition) is 4. The van der Waals surface area contributed by atoms with Crippen molar-refractivity contribution in [2.75, 3.05) is 13.1 Å². The maximum absolute atomic E-state index is 5.94. The summed E-state index contributed by atoms with van der Waals surface area (Å²) in [5.74, 6) is 0.495. The fourth-order valence-corrected chi connectivity index (χ4v) is 2.03. The van der Waals surface area contributed by atoms with Crippen LogP contribution in [0, 0.1) is 0 Å². The predicted octanol–water partition coefficient (Wildman–Crippen LogP) is -0.290. The van der Waals surface area contributed by atoms with Crippen molar-refractivity contribution in [3.63, 3.8) is 0 Å². The molecule has 2 unspecified atom stereocenters. The third kappa shape index (κ3) is 4.72. The average molecular weight is 254 g/mol. The van der Waals surface area contributed by atoms with E-state index in [1.165, 1.54) is 0 Å². The summed E-state index contributed by atoms with van der Waals surface area (Å²) in [4.78, 5) is 8.92. The van der Waals surface area contributed by atoms with Crippen LogP contribution in [0.1, 0.15) is 38.5 Å². The second kappa shape index (κ2) is 8.18. The average Bonchev–Trinajstić information content (AvgIpc) is 2.34. The number of amidine groups is 1. The SMILES string of the molecule is NCCCCC1=NC(CCCCN)C(N)N=C1N. The fraction of sp³-hybridized carbons (Fsp3) is 0.833. The molecule has 2 atom stereocenters. The molecule has 1 aliphatic rings. The van der Waals surface area contributed by atoms with Gasteiger partial charge in [-0.2, -0.15) is 0 Å². The predicted molar refractivity (Wildman–Crippen MR) is 76.6 cm³/mol. The molecule has 104 valence electrons. The van der Waals surface area contributed by atoms with Gasteiger partial charge in [0.25, 0.3) is 0 Å². The maximum Gasteiger partial charge on any atom is 0.141 e. The summed E-state index contributed by atoms with van der Waals surface area (Å²) in [6, 6.07) is 0.0525. The Bertz CT molecular complexity index is 299. The topological polar surface area (TPSA) is 129 Å². The molecule has 1 aliphatic heterocycles. The van der Waals surface area contributed by atoms with Crippen LogP contribution in [0.3, 0.4) is 0 Å². The molecule has 0 radical (unpaired) electrons. The summed E-state index contributed by atoms with van der Waals surface area (Å²) in [7, 11) is 0. The van der Waals surface area contributed by atoms with Gasteiger partial charge in [0.1, 0.15) is 12.0 Å². The highest BCUT2D eigenvalue weighted by Gasteiger charge is 2.22. The van der Waals surface area contributed by atoms with Gasteiger partial charge in [-0.15, -0.1) is 0 Å². The zero-order valence-electron chi connectivity index (χ0n) is 11.0. The fourth-order valence-electron chi connectivity index (χ4n) is 2.03. The molecular weight excluding hydrogens is 228 g/mol. The lowest BCUT2D eigenvalue weighted by molar-refractivity contribution is 0.484. The molecule has 1 rings (SSSR count). The van der Waals surface area contributed by atoms with Crippen molar-refractivity contribution in [2.24, 2.45) is 32.9 Å². The Kier molecular flexibility index (Phi) is 6.85. The van der Waals surface area contributed by atoms with E-state index < -0.39 is 0 Å². The van der Waals surface area contributed by atoms with E-state index in [2.05, 4.69) is 9.98 Å². The number of nitrogens with zero attached hydrogens (tertiary/aromatic N) is 2. The second-order valence-corrected chi connectivity index (χ2v) is 4.68. The smallest absolute Gasteiger partial charge is 0.141 e. The van der Waals surface area contributed by atoms with Crippen LogP contribution in [-0.2, 0) is 0 Å². The lowest BCUT2D eigenvalue weighted by Crippen LogP contribution is -2.41. The number of rotatable bonds is 8. The van der Waals surface area contributed by atoms with Crippen LogP contribution in [-0.4, -0.2) is 36.8 Å². The Hall–Kier alpha value is -0.980. The molecule has 6 heteroatoms. The van der Waals surface area contributed by atoms with E-state index in [1.807, 2.05) is 0 Å². The zero-order chi connectivity index (χ0) is 13.4. The Morgan fingerprint density at radius 1 is 0.944 bits per heavy atom. The molecule has 0 bridgehead atoms. The summed E-state index contributed by atoms with van der Waals surface area (Å²) in [6.07, 6.45) is 5.47. The molecule has 0 amide bonds. The molecule has 0 aliphatic carbocycles. The van der Waals surface area contributed by atoms with Gasteiger partial charge in [-0.25, -0.2) is 4.99 Å². The standard InChI is InChI=1S/C12H26N6/c13-7-3-1-5-9-11(15)18-12(16)10(17-9)6-2-4-8-14/h9,11H,1-8,13-15H2,(H2,16,18). The summed E-state index contributed by atoms with van der Waals surface area (Å²) >= 11 is 0. The van der Waals surface area contributed by atoms with E-state index in [-0.39, 0.29) is 12.2 Å². The molecule has 18 heavy (non-hydrogen) atoms. The van der Waals surface area contributed by atoms with Gasteiger partial charge in [0.2, 0.25) is 0 Å². The molecule has 0 fully saturated rings. The van der Waals surface area contributed by atoms with Crippen LogP contribution < -0.4 is 22.9 Å². The van der Waals surface area contributed by atoms with Crippen molar-refractivity contribution >= 4 is 11.5 Å². The van der Waals surface area contributed by atoms with Crippen molar-refractivity contribution in [3.8, 4) is 0 Å². The van der Waals surface area contributed by atoms with Gasteiger partial charge in [0.05, 0.1) is 11.8 Å². The Labute approximate surface area is 109 Å². The molecule has 0 aromatic rings. The van der Waals surface area contributed by atoms with Crippen molar-refractivity contribution in [3.05, 3.63) is 0 Å². The van der Waals surface area contributed by atoms with E-state index in [0.717, 1.165) is 44.2 Å². The van der Waals surface area contributed by atoms with Crippen molar-refractivity contribution in [2.45, 2.75) is 50.7 Å². The van der Waals surface area contributed by atoms with Gasteiger partial charge in [-0.3, -0.25) is 4.99 Å². The molecule has 0 spiro atoms. The molecule has 0 aromatic carbocycles. The Balaban J connectivity index is 2.51. The van der Waals surface area contributed by atoms with Gasteiger partial charge in [-0.05, 0) is 51.6 Å². The monoisotopic (exact) mass is 254 g/mol. The number of nitrogens with two attached hydrogens (primary N) is 4. The third-order valence-electron chi connectivity index (χ3n) is 3.12. The lowest BCUT2D eigenvalue weighted by atomic mass is 10.0. The third-order valence-corrected chi connectivity index (χ3v) is 3.12. The molecule has 0 aromatic heterocycles. The van der Waals surface area contributed by atoms with Gasteiger partial charge in [-0.1, -0.05) is 0 Å². The highest BCUT2D eigenvalue weighted by Crippen LogP contribution is 2.14. The van der Waals surface area contributed by atoms with Crippen LogP contribution in [0.25, 0.3) is 0 Å². The summed E-state index contributed by atoms with van der Waals surface area (Å²) in [6.45, 7) is 1.41. The molecule has 0 saturated carbocycles. The first kappa shape index (κ1) is 15.1. The summed E-state index contributed by atoms with van der Waals surface area (Å²) in [5, 5.41) is 0. The quantitative estimate of drug-likeness (QED) is 0.443. The molecule has 8 N–H and O–H groups in total. The first-order valence-electron chi connectivity index (χ1n) is 6.75. The van der Waals surface area contributed by atoms with Crippen LogP contribution in [0.5, 0.6) is 0 Å². The second-order valence-electron chi connectivity index (χ2n) is 4.68. The molecule has 1 heterocycles. The van der Waals surface area contributed by atoms with Crippen LogP contribution in [0.4, 0.5) is 0 Å². The van der Waals surface area contributed by atoms with Crippen LogP contribution in [0.2, 0.25) is 0 Å². The van der Waals surface area contributed by atoms with E-state index in [9.17, 15) is 0 Å².